The maximum Gasteiger partial charge on any atom is 0.324 e. The summed E-state index contributed by atoms with van der Waals surface area (Å²) >= 11 is 3.29. The molecule has 3 heterocycles. The number of thiophene rings is 1. The van der Waals surface area contributed by atoms with Crippen molar-refractivity contribution in [2.75, 3.05) is 18.8 Å². The number of thioether (sulfide) groups is 1. The topological polar surface area (TPSA) is 80.1 Å². The van der Waals surface area contributed by atoms with Crippen LogP contribution in [0.5, 0.6) is 0 Å². The van der Waals surface area contributed by atoms with Crippen LogP contribution >= 0.6 is 23.1 Å². The van der Waals surface area contributed by atoms with Gasteiger partial charge in [-0.3, -0.25) is 14.3 Å². The van der Waals surface area contributed by atoms with Crippen molar-refractivity contribution in [3.05, 3.63) is 58.5 Å². The highest BCUT2D eigenvalue weighted by atomic mass is 32.2. The lowest BCUT2D eigenvalue weighted by Crippen LogP contribution is -2.32. The van der Waals surface area contributed by atoms with Gasteiger partial charge in [-0.2, -0.15) is 0 Å². The second-order valence-electron chi connectivity index (χ2n) is 6.23. The summed E-state index contributed by atoms with van der Waals surface area (Å²) in [7, 11) is 0. The molecule has 0 atom stereocenters. The quantitative estimate of drug-likeness (QED) is 0.349. The number of rotatable bonds is 8. The molecule has 2 aromatic heterocycles. The Hall–Kier alpha value is -2.65. The van der Waals surface area contributed by atoms with Gasteiger partial charge in [0.25, 0.3) is 0 Å². The Morgan fingerprint density at radius 2 is 1.96 bits per heavy atom. The molecule has 144 valence electrons. The minimum atomic E-state index is -0.305. The first kappa shape index (κ1) is 18.7. The number of urea groups is 1. The molecule has 1 fully saturated rings. The molecule has 1 saturated heterocycles. The molecule has 0 unspecified atom stereocenters. The smallest absolute Gasteiger partial charge is 0.324 e. The number of aromatic nitrogens is 3. The minimum Gasteiger partial charge on any atom is -0.329 e. The number of carbonyl (C=O) groups is 2. The van der Waals surface area contributed by atoms with E-state index in [1.165, 1.54) is 9.78 Å². The molecule has 3 amide bonds. The van der Waals surface area contributed by atoms with Crippen LogP contribution in [0.15, 0.2) is 53.0 Å². The Kier molecular flexibility index (Phi) is 5.73. The number of nitrogens with one attached hydrogen (secondary N) is 1. The van der Waals surface area contributed by atoms with Crippen molar-refractivity contribution >= 4 is 35.0 Å². The van der Waals surface area contributed by atoms with Crippen LogP contribution in [0.2, 0.25) is 0 Å². The maximum absolute atomic E-state index is 11.7. The van der Waals surface area contributed by atoms with Crippen molar-refractivity contribution < 1.29 is 9.59 Å². The average Bonchev–Trinajstić information content (AvgIpc) is 3.43. The number of imide groups is 1. The number of benzene rings is 1. The molecule has 28 heavy (non-hydrogen) atoms. The first-order valence-corrected chi connectivity index (χ1v) is 10.8. The van der Waals surface area contributed by atoms with Crippen LogP contribution in [0.3, 0.4) is 0 Å². The highest BCUT2D eigenvalue weighted by Crippen LogP contribution is 2.25. The Morgan fingerprint density at radius 3 is 2.68 bits per heavy atom. The molecule has 0 spiro atoms. The van der Waals surface area contributed by atoms with Crippen LogP contribution in [0, 0.1) is 0 Å². The van der Waals surface area contributed by atoms with Crippen LogP contribution < -0.4 is 5.32 Å². The van der Waals surface area contributed by atoms with Gasteiger partial charge < -0.3 is 5.32 Å². The fourth-order valence-corrected chi connectivity index (χ4v) is 4.58. The summed E-state index contributed by atoms with van der Waals surface area (Å²) in [6.45, 7) is 0.513. The zero-order valence-electron chi connectivity index (χ0n) is 15.1. The maximum atomic E-state index is 11.7. The number of carbonyl (C=O) groups excluding carboxylic acids is 2. The Labute approximate surface area is 170 Å². The summed E-state index contributed by atoms with van der Waals surface area (Å²) in [4.78, 5) is 25.8. The largest absolute Gasteiger partial charge is 0.329 e. The predicted molar refractivity (Wildman–Crippen MR) is 109 cm³/mol. The third kappa shape index (κ3) is 4.10. The summed E-state index contributed by atoms with van der Waals surface area (Å²) in [5.41, 5.74) is 1.02. The summed E-state index contributed by atoms with van der Waals surface area (Å²) < 4.78 is 2.08. The normalized spacial score (nSPS) is 13.9. The zero-order chi connectivity index (χ0) is 19.3. The standard InChI is InChI=1S/C19H19N5O2S2/c25-17-13-20-18(26)23(17)9-5-11-28-19-22-21-16(12-15-8-4-10-27-15)24(19)14-6-2-1-3-7-14/h1-4,6-8,10H,5,9,11-13H2,(H,20,26). The summed E-state index contributed by atoms with van der Waals surface area (Å²) in [5.74, 6) is 1.46. The second kappa shape index (κ2) is 8.57. The Morgan fingerprint density at radius 1 is 1.11 bits per heavy atom. The van der Waals surface area contributed by atoms with E-state index in [-0.39, 0.29) is 18.5 Å². The van der Waals surface area contributed by atoms with Crippen molar-refractivity contribution in [2.24, 2.45) is 0 Å². The summed E-state index contributed by atoms with van der Waals surface area (Å²) in [6.07, 6.45) is 1.42. The first-order valence-electron chi connectivity index (χ1n) is 8.95. The number of para-hydroxylation sites is 1. The van der Waals surface area contributed by atoms with Gasteiger partial charge in [-0.15, -0.1) is 21.5 Å². The van der Waals surface area contributed by atoms with Crippen LogP contribution in [-0.2, 0) is 11.2 Å². The monoisotopic (exact) mass is 413 g/mol. The van der Waals surface area contributed by atoms with E-state index >= 15 is 0 Å². The molecular weight excluding hydrogens is 394 g/mol. The number of nitrogens with zero attached hydrogens (tertiary/aromatic N) is 4. The van der Waals surface area contributed by atoms with E-state index in [1.54, 1.807) is 23.1 Å². The number of hydrogen-bond acceptors (Lipinski definition) is 6. The number of amides is 3. The molecule has 0 radical (unpaired) electrons. The van der Waals surface area contributed by atoms with Gasteiger partial charge in [0.15, 0.2) is 5.16 Å². The van der Waals surface area contributed by atoms with Crippen LogP contribution in [-0.4, -0.2) is 50.4 Å². The molecule has 7 nitrogen and oxygen atoms in total. The van der Waals surface area contributed by atoms with Crippen molar-refractivity contribution in [1.29, 1.82) is 0 Å². The molecule has 0 saturated carbocycles. The van der Waals surface area contributed by atoms with Crippen LogP contribution in [0.1, 0.15) is 17.1 Å². The lowest BCUT2D eigenvalue weighted by molar-refractivity contribution is -0.124. The molecular formula is C19H19N5O2S2. The third-order valence-electron chi connectivity index (χ3n) is 4.32. The molecule has 0 aliphatic carbocycles. The van der Waals surface area contributed by atoms with Crippen molar-refractivity contribution in [3.63, 3.8) is 0 Å². The molecule has 4 rings (SSSR count). The molecule has 3 aromatic rings. The number of hydrogen-bond donors (Lipinski definition) is 1. The van der Waals surface area contributed by atoms with Crippen molar-refractivity contribution in [1.82, 2.24) is 25.0 Å². The van der Waals surface area contributed by atoms with E-state index in [9.17, 15) is 9.59 Å². The van der Waals surface area contributed by atoms with Crippen molar-refractivity contribution in [3.8, 4) is 5.69 Å². The summed E-state index contributed by atoms with van der Waals surface area (Å²) in [6, 6.07) is 13.9. The Bertz CT molecular complexity index is 940. The lowest BCUT2D eigenvalue weighted by atomic mass is 10.3. The van der Waals surface area contributed by atoms with Gasteiger partial charge in [0.1, 0.15) is 5.82 Å². The summed E-state index contributed by atoms with van der Waals surface area (Å²) in [5, 5.41) is 14.2. The van der Waals surface area contributed by atoms with E-state index in [4.69, 9.17) is 0 Å². The molecule has 1 aliphatic heterocycles. The van der Waals surface area contributed by atoms with Gasteiger partial charge in [0.05, 0.1) is 6.54 Å². The molecule has 1 N–H and O–H groups in total. The highest BCUT2D eigenvalue weighted by molar-refractivity contribution is 7.99. The molecule has 1 aromatic carbocycles. The van der Waals surface area contributed by atoms with Gasteiger partial charge >= 0.3 is 6.03 Å². The van der Waals surface area contributed by atoms with Crippen LogP contribution in [0.4, 0.5) is 4.79 Å². The van der Waals surface area contributed by atoms with E-state index in [1.807, 2.05) is 36.4 Å². The second-order valence-corrected chi connectivity index (χ2v) is 8.33. The molecule has 9 heteroatoms. The fourth-order valence-electron chi connectivity index (χ4n) is 2.98. The zero-order valence-corrected chi connectivity index (χ0v) is 16.7. The van der Waals surface area contributed by atoms with E-state index in [2.05, 4.69) is 31.5 Å². The van der Waals surface area contributed by atoms with Crippen molar-refractivity contribution in [2.45, 2.75) is 18.0 Å². The van der Waals surface area contributed by atoms with Gasteiger partial charge in [0, 0.05) is 29.3 Å². The van der Waals surface area contributed by atoms with Gasteiger partial charge in [-0.1, -0.05) is 36.0 Å². The van der Waals surface area contributed by atoms with Gasteiger partial charge in [-0.25, -0.2) is 4.79 Å². The van der Waals surface area contributed by atoms with E-state index < -0.39 is 0 Å². The highest BCUT2D eigenvalue weighted by Gasteiger charge is 2.27. The van der Waals surface area contributed by atoms with Gasteiger partial charge in [0.2, 0.25) is 5.91 Å². The first-order chi connectivity index (χ1) is 13.7. The van der Waals surface area contributed by atoms with E-state index in [0.717, 1.165) is 28.8 Å². The SMILES string of the molecule is O=C1CNC(=O)N1CCCSc1nnc(Cc2cccs2)n1-c1ccccc1. The molecule has 0 bridgehead atoms. The predicted octanol–water partition coefficient (Wildman–Crippen LogP) is 2.95. The van der Waals surface area contributed by atoms with Gasteiger partial charge in [-0.05, 0) is 30.0 Å². The average molecular weight is 414 g/mol. The third-order valence-corrected chi connectivity index (χ3v) is 6.21. The molecule has 1 aliphatic rings. The van der Waals surface area contributed by atoms with E-state index in [0.29, 0.717) is 13.0 Å². The Balaban J connectivity index is 1.46. The fraction of sp³-hybridized carbons (Fsp3) is 0.263. The minimum absolute atomic E-state index is 0.0976. The lowest BCUT2D eigenvalue weighted by Gasteiger charge is -2.12. The van der Waals surface area contributed by atoms with Crippen LogP contribution in [0.25, 0.3) is 5.69 Å².